The summed E-state index contributed by atoms with van der Waals surface area (Å²) in [5.41, 5.74) is 1.14. The van der Waals surface area contributed by atoms with Crippen LogP contribution in [0, 0.1) is 0 Å². The first-order valence-corrected chi connectivity index (χ1v) is 9.22. The number of benzene rings is 1. The molecule has 2 aromatic rings. The van der Waals surface area contributed by atoms with Gasteiger partial charge in [-0.25, -0.2) is 0 Å². The van der Waals surface area contributed by atoms with Crippen LogP contribution in [0.25, 0.3) is 0 Å². The highest BCUT2D eigenvalue weighted by Crippen LogP contribution is 2.09. The molecule has 24 heavy (non-hydrogen) atoms. The maximum absolute atomic E-state index is 12.4. The number of nitrogens with zero attached hydrogens (tertiary/aromatic N) is 1. The number of nitrogens with one attached hydrogen (secondary N) is 1. The number of hydrogen-bond donors (Lipinski definition) is 1. The van der Waals surface area contributed by atoms with Crippen molar-refractivity contribution in [2.75, 3.05) is 13.1 Å². The van der Waals surface area contributed by atoms with Gasteiger partial charge >= 0.3 is 0 Å². The van der Waals surface area contributed by atoms with Gasteiger partial charge < -0.3 is 10.2 Å². The van der Waals surface area contributed by atoms with E-state index in [2.05, 4.69) is 12.2 Å². The molecule has 0 saturated heterocycles. The van der Waals surface area contributed by atoms with E-state index < -0.39 is 0 Å². The quantitative estimate of drug-likeness (QED) is 0.705. The van der Waals surface area contributed by atoms with Crippen LogP contribution in [0.3, 0.4) is 0 Å². The van der Waals surface area contributed by atoms with Gasteiger partial charge in [-0.2, -0.15) is 0 Å². The molecule has 5 heteroatoms. The third-order valence-corrected chi connectivity index (χ3v) is 4.53. The highest BCUT2D eigenvalue weighted by atomic mass is 32.1. The molecule has 0 unspecified atom stereocenters. The Hall–Kier alpha value is -2.14. The molecular weight excluding hydrogens is 320 g/mol. The molecule has 1 aromatic carbocycles. The number of carbonyl (C=O) groups excluding carboxylic acids is 2. The standard InChI is InChI=1S/C19H24N2O2S/c1-2-13-21(15-16-8-4-3-5-9-16)18(22)11-6-12-20-19(23)17-10-7-14-24-17/h3-5,7-10,14H,2,6,11-13,15H2,1H3,(H,20,23). The van der Waals surface area contributed by atoms with Crippen LogP contribution in [0.2, 0.25) is 0 Å². The van der Waals surface area contributed by atoms with Crippen LogP contribution in [-0.2, 0) is 11.3 Å². The summed E-state index contributed by atoms with van der Waals surface area (Å²) in [7, 11) is 0. The van der Waals surface area contributed by atoms with Crippen LogP contribution in [0.15, 0.2) is 47.8 Å². The topological polar surface area (TPSA) is 49.4 Å². The number of rotatable bonds is 9. The molecule has 0 fully saturated rings. The Morgan fingerprint density at radius 3 is 2.58 bits per heavy atom. The molecule has 0 atom stereocenters. The van der Waals surface area contributed by atoms with Gasteiger partial charge in [0.1, 0.15) is 0 Å². The van der Waals surface area contributed by atoms with E-state index in [1.54, 1.807) is 6.07 Å². The van der Waals surface area contributed by atoms with Gasteiger partial charge in [0.25, 0.3) is 5.91 Å². The summed E-state index contributed by atoms with van der Waals surface area (Å²) in [6.07, 6.45) is 2.05. The van der Waals surface area contributed by atoms with E-state index in [0.29, 0.717) is 30.8 Å². The minimum Gasteiger partial charge on any atom is -0.351 e. The average molecular weight is 344 g/mol. The van der Waals surface area contributed by atoms with E-state index in [1.807, 2.05) is 46.7 Å². The van der Waals surface area contributed by atoms with Gasteiger partial charge in [-0.15, -0.1) is 11.3 Å². The molecular formula is C19H24N2O2S. The van der Waals surface area contributed by atoms with Gasteiger partial charge in [-0.3, -0.25) is 9.59 Å². The van der Waals surface area contributed by atoms with Crippen LogP contribution in [0.4, 0.5) is 0 Å². The van der Waals surface area contributed by atoms with Crippen molar-refractivity contribution < 1.29 is 9.59 Å². The molecule has 128 valence electrons. The molecule has 4 nitrogen and oxygen atoms in total. The molecule has 2 amide bonds. The Kier molecular flexibility index (Phi) is 7.49. The lowest BCUT2D eigenvalue weighted by atomic mass is 10.2. The summed E-state index contributed by atoms with van der Waals surface area (Å²) < 4.78 is 0. The number of hydrogen-bond acceptors (Lipinski definition) is 3. The van der Waals surface area contributed by atoms with Crippen molar-refractivity contribution in [2.45, 2.75) is 32.7 Å². The Morgan fingerprint density at radius 2 is 1.92 bits per heavy atom. The zero-order valence-corrected chi connectivity index (χ0v) is 14.8. The molecule has 0 radical (unpaired) electrons. The Bertz CT molecular complexity index is 626. The fourth-order valence-corrected chi connectivity index (χ4v) is 3.10. The van der Waals surface area contributed by atoms with Crippen molar-refractivity contribution in [2.24, 2.45) is 0 Å². The number of carbonyl (C=O) groups is 2. The molecule has 0 aliphatic rings. The SMILES string of the molecule is CCCN(Cc1ccccc1)C(=O)CCCNC(=O)c1cccs1. The maximum Gasteiger partial charge on any atom is 0.261 e. The van der Waals surface area contributed by atoms with E-state index in [0.717, 1.165) is 18.5 Å². The van der Waals surface area contributed by atoms with Gasteiger partial charge in [0.05, 0.1) is 4.88 Å². The van der Waals surface area contributed by atoms with Gasteiger partial charge in [0.2, 0.25) is 5.91 Å². The number of amides is 2. The molecule has 0 spiro atoms. The first-order chi connectivity index (χ1) is 11.7. The van der Waals surface area contributed by atoms with E-state index in [9.17, 15) is 9.59 Å². The largest absolute Gasteiger partial charge is 0.351 e. The zero-order valence-electron chi connectivity index (χ0n) is 14.0. The second-order valence-corrected chi connectivity index (χ2v) is 6.59. The lowest BCUT2D eigenvalue weighted by Crippen LogP contribution is -2.32. The fourth-order valence-electron chi connectivity index (χ4n) is 2.46. The van der Waals surface area contributed by atoms with Crippen molar-refractivity contribution in [3.8, 4) is 0 Å². The minimum atomic E-state index is -0.0628. The van der Waals surface area contributed by atoms with E-state index in [-0.39, 0.29) is 11.8 Å². The van der Waals surface area contributed by atoms with Crippen molar-refractivity contribution >= 4 is 23.2 Å². The smallest absolute Gasteiger partial charge is 0.261 e. The number of thiophene rings is 1. The summed E-state index contributed by atoms with van der Waals surface area (Å²) in [4.78, 5) is 26.9. The highest BCUT2D eigenvalue weighted by molar-refractivity contribution is 7.12. The molecule has 2 rings (SSSR count). The average Bonchev–Trinajstić information content (AvgIpc) is 3.13. The summed E-state index contributed by atoms with van der Waals surface area (Å²) in [6, 6.07) is 13.7. The molecule has 0 aliphatic carbocycles. The van der Waals surface area contributed by atoms with Gasteiger partial charge in [-0.05, 0) is 29.9 Å². The van der Waals surface area contributed by atoms with Crippen molar-refractivity contribution in [3.63, 3.8) is 0 Å². The predicted octanol–water partition coefficient (Wildman–Crippen LogP) is 3.70. The summed E-state index contributed by atoms with van der Waals surface area (Å²) in [5.74, 6) is 0.0817. The predicted molar refractivity (Wildman–Crippen MR) is 98.0 cm³/mol. The Morgan fingerprint density at radius 1 is 1.12 bits per heavy atom. The lowest BCUT2D eigenvalue weighted by Gasteiger charge is -2.22. The maximum atomic E-state index is 12.4. The Balaban J connectivity index is 1.75. The third-order valence-electron chi connectivity index (χ3n) is 3.66. The van der Waals surface area contributed by atoms with Gasteiger partial charge in [0.15, 0.2) is 0 Å². The van der Waals surface area contributed by atoms with E-state index >= 15 is 0 Å². The van der Waals surface area contributed by atoms with Crippen LogP contribution >= 0.6 is 11.3 Å². The first-order valence-electron chi connectivity index (χ1n) is 8.34. The molecule has 1 aromatic heterocycles. The van der Waals surface area contributed by atoms with E-state index in [4.69, 9.17) is 0 Å². The van der Waals surface area contributed by atoms with Crippen LogP contribution in [0.1, 0.15) is 41.4 Å². The van der Waals surface area contributed by atoms with Crippen LogP contribution in [0.5, 0.6) is 0 Å². The third kappa shape index (κ3) is 5.81. The molecule has 1 N–H and O–H groups in total. The highest BCUT2D eigenvalue weighted by Gasteiger charge is 2.13. The van der Waals surface area contributed by atoms with E-state index in [1.165, 1.54) is 11.3 Å². The van der Waals surface area contributed by atoms with Crippen molar-refractivity contribution in [1.82, 2.24) is 10.2 Å². The normalized spacial score (nSPS) is 10.4. The fraction of sp³-hybridized carbons (Fsp3) is 0.368. The lowest BCUT2D eigenvalue weighted by molar-refractivity contribution is -0.131. The molecule has 1 heterocycles. The van der Waals surface area contributed by atoms with Gasteiger partial charge in [0, 0.05) is 26.1 Å². The summed E-state index contributed by atoms with van der Waals surface area (Å²) >= 11 is 1.42. The molecule has 0 aliphatic heterocycles. The van der Waals surface area contributed by atoms with Crippen molar-refractivity contribution in [1.29, 1.82) is 0 Å². The summed E-state index contributed by atoms with van der Waals surface area (Å²) in [5, 5.41) is 4.74. The zero-order chi connectivity index (χ0) is 17.2. The first kappa shape index (κ1) is 18.2. The molecule has 0 saturated carbocycles. The molecule has 0 bridgehead atoms. The van der Waals surface area contributed by atoms with Crippen LogP contribution < -0.4 is 5.32 Å². The Labute approximate surface area is 147 Å². The summed E-state index contributed by atoms with van der Waals surface area (Å²) in [6.45, 7) is 4.00. The van der Waals surface area contributed by atoms with Crippen molar-refractivity contribution in [3.05, 3.63) is 58.3 Å². The second-order valence-electron chi connectivity index (χ2n) is 5.64. The van der Waals surface area contributed by atoms with Crippen LogP contribution in [-0.4, -0.2) is 29.8 Å². The second kappa shape index (κ2) is 9.88. The minimum absolute atomic E-state index is 0.0628. The van der Waals surface area contributed by atoms with Gasteiger partial charge in [-0.1, -0.05) is 43.3 Å². The monoisotopic (exact) mass is 344 g/mol.